The maximum atomic E-state index is 12.8. The molecule has 0 aliphatic rings. The summed E-state index contributed by atoms with van der Waals surface area (Å²) in [5.41, 5.74) is 1.59. The molecule has 2 aromatic carbocycles. The Hall–Kier alpha value is -1.79. The minimum absolute atomic E-state index is 0.105. The molecule has 23 heavy (non-hydrogen) atoms. The molecule has 0 N–H and O–H groups in total. The highest BCUT2D eigenvalue weighted by Gasteiger charge is 2.15. The molecule has 1 heterocycles. The molecule has 0 spiro atoms. The van der Waals surface area contributed by atoms with Crippen LogP contribution < -0.4 is 14.9 Å². The van der Waals surface area contributed by atoms with E-state index >= 15 is 0 Å². The zero-order valence-electron chi connectivity index (χ0n) is 12.4. The lowest BCUT2D eigenvalue weighted by molar-refractivity contribution is 0.411. The summed E-state index contributed by atoms with van der Waals surface area (Å²) in [6, 6.07) is 8.88. The normalized spacial score (nSPS) is 10.8. The largest absolute Gasteiger partial charge is 0.496 e. The Balaban J connectivity index is 2.22. The molecular weight excluding hydrogens is 428 g/mol. The van der Waals surface area contributed by atoms with Gasteiger partial charge in [-0.25, -0.2) is 0 Å². The van der Waals surface area contributed by atoms with Gasteiger partial charge in [0.2, 0.25) is 5.43 Å². The lowest BCUT2D eigenvalue weighted by Crippen LogP contribution is -2.05. The Morgan fingerprint density at radius 2 is 1.70 bits per heavy atom. The minimum Gasteiger partial charge on any atom is -0.496 e. The van der Waals surface area contributed by atoms with Crippen LogP contribution >= 0.6 is 31.9 Å². The molecule has 4 nitrogen and oxygen atoms in total. The second kappa shape index (κ2) is 6.37. The average Bonchev–Trinajstić information content (AvgIpc) is 2.56. The van der Waals surface area contributed by atoms with Crippen molar-refractivity contribution in [3.05, 3.63) is 55.8 Å². The maximum absolute atomic E-state index is 12.8. The van der Waals surface area contributed by atoms with Crippen LogP contribution in [-0.4, -0.2) is 14.2 Å². The molecule has 0 amide bonds. The summed E-state index contributed by atoms with van der Waals surface area (Å²) < 4.78 is 17.5. The van der Waals surface area contributed by atoms with E-state index in [1.54, 1.807) is 32.4 Å². The van der Waals surface area contributed by atoms with Crippen molar-refractivity contribution < 1.29 is 13.9 Å². The van der Waals surface area contributed by atoms with Gasteiger partial charge in [-0.3, -0.25) is 4.79 Å². The molecule has 0 saturated heterocycles. The molecule has 1 aromatic heterocycles. The van der Waals surface area contributed by atoms with Gasteiger partial charge in [-0.05, 0) is 61.7 Å². The van der Waals surface area contributed by atoms with E-state index in [1.165, 1.54) is 6.26 Å². The molecule has 0 fully saturated rings. The third-order valence-corrected chi connectivity index (χ3v) is 4.90. The van der Waals surface area contributed by atoms with Gasteiger partial charge in [0, 0.05) is 0 Å². The Kier molecular flexibility index (Phi) is 4.46. The summed E-state index contributed by atoms with van der Waals surface area (Å²) in [6.45, 7) is 0. The Labute approximate surface area is 149 Å². The standard InChI is InChI=1S/C17H12Br2O4/c1-21-13-5-3-9(7-12(13)18)11-8-23-17-10(16(11)20)4-6-14(22-2)15(17)19/h3-8H,1-2H3. The summed E-state index contributed by atoms with van der Waals surface area (Å²) in [6.07, 6.45) is 1.46. The number of halogens is 2. The van der Waals surface area contributed by atoms with Gasteiger partial charge < -0.3 is 13.9 Å². The number of benzene rings is 2. The highest BCUT2D eigenvalue weighted by atomic mass is 79.9. The second-order valence-corrected chi connectivity index (χ2v) is 6.43. The predicted molar refractivity (Wildman–Crippen MR) is 96.4 cm³/mol. The number of methoxy groups -OCH3 is 2. The average molecular weight is 440 g/mol. The van der Waals surface area contributed by atoms with Crippen molar-refractivity contribution in [3.63, 3.8) is 0 Å². The van der Waals surface area contributed by atoms with Crippen molar-refractivity contribution in [2.24, 2.45) is 0 Å². The van der Waals surface area contributed by atoms with Crippen LogP contribution in [0.3, 0.4) is 0 Å². The number of ether oxygens (including phenoxy) is 2. The topological polar surface area (TPSA) is 48.7 Å². The summed E-state index contributed by atoms with van der Waals surface area (Å²) in [5.74, 6) is 1.31. The predicted octanol–water partition coefficient (Wildman–Crippen LogP) is 5.00. The van der Waals surface area contributed by atoms with Crippen molar-refractivity contribution in [2.45, 2.75) is 0 Å². The molecule has 118 valence electrons. The van der Waals surface area contributed by atoms with Crippen LogP contribution in [0.5, 0.6) is 11.5 Å². The van der Waals surface area contributed by atoms with Crippen LogP contribution in [0, 0.1) is 0 Å². The number of fused-ring (bicyclic) bond motifs is 1. The number of hydrogen-bond acceptors (Lipinski definition) is 4. The van der Waals surface area contributed by atoms with Gasteiger partial charge in [0.1, 0.15) is 22.2 Å². The fraction of sp³-hybridized carbons (Fsp3) is 0.118. The first kappa shape index (κ1) is 16.1. The van der Waals surface area contributed by atoms with Gasteiger partial charge >= 0.3 is 0 Å². The third kappa shape index (κ3) is 2.77. The Bertz CT molecular complexity index is 947. The van der Waals surface area contributed by atoms with Gasteiger partial charge in [0.15, 0.2) is 5.58 Å². The molecule has 0 radical (unpaired) electrons. The van der Waals surface area contributed by atoms with Crippen molar-refractivity contribution in [2.75, 3.05) is 14.2 Å². The lowest BCUT2D eigenvalue weighted by atomic mass is 10.1. The molecule has 6 heteroatoms. The summed E-state index contributed by atoms with van der Waals surface area (Å²) in [7, 11) is 3.16. The van der Waals surface area contributed by atoms with Gasteiger partial charge in [-0.2, -0.15) is 0 Å². The van der Waals surface area contributed by atoms with E-state index in [4.69, 9.17) is 13.9 Å². The molecule has 0 bridgehead atoms. The van der Waals surface area contributed by atoms with Gasteiger partial charge in [-0.1, -0.05) is 6.07 Å². The summed E-state index contributed by atoms with van der Waals surface area (Å²) in [4.78, 5) is 12.8. The van der Waals surface area contributed by atoms with Crippen molar-refractivity contribution >= 4 is 42.8 Å². The van der Waals surface area contributed by atoms with E-state index in [2.05, 4.69) is 31.9 Å². The van der Waals surface area contributed by atoms with E-state index in [-0.39, 0.29) is 5.43 Å². The number of hydrogen-bond donors (Lipinski definition) is 0. The minimum atomic E-state index is -0.105. The molecule has 0 saturated carbocycles. The summed E-state index contributed by atoms with van der Waals surface area (Å²) in [5, 5.41) is 0.488. The molecule has 0 atom stereocenters. The Morgan fingerprint density at radius 1 is 1.00 bits per heavy atom. The van der Waals surface area contributed by atoms with Crippen LogP contribution in [0.1, 0.15) is 0 Å². The van der Waals surface area contributed by atoms with Crippen molar-refractivity contribution in [3.8, 4) is 22.6 Å². The zero-order chi connectivity index (χ0) is 16.6. The Morgan fingerprint density at radius 3 is 2.35 bits per heavy atom. The van der Waals surface area contributed by atoms with E-state index in [0.717, 1.165) is 10.0 Å². The smallest absolute Gasteiger partial charge is 0.200 e. The van der Waals surface area contributed by atoms with Crippen LogP contribution in [0.25, 0.3) is 22.1 Å². The quantitative estimate of drug-likeness (QED) is 0.576. The van der Waals surface area contributed by atoms with E-state index in [9.17, 15) is 4.79 Å². The highest BCUT2D eigenvalue weighted by Crippen LogP contribution is 2.34. The van der Waals surface area contributed by atoms with E-state index in [0.29, 0.717) is 32.5 Å². The monoisotopic (exact) mass is 438 g/mol. The molecule has 0 aliphatic heterocycles. The van der Waals surface area contributed by atoms with Gasteiger partial charge in [0.25, 0.3) is 0 Å². The zero-order valence-corrected chi connectivity index (χ0v) is 15.5. The first-order valence-electron chi connectivity index (χ1n) is 6.68. The fourth-order valence-electron chi connectivity index (χ4n) is 2.34. The van der Waals surface area contributed by atoms with Crippen molar-refractivity contribution in [1.82, 2.24) is 0 Å². The van der Waals surface area contributed by atoms with Crippen LogP contribution in [0.2, 0.25) is 0 Å². The molecule has 0 aliphatic carbocycles. The van der Waals surface area contributed by atoms with Gasteiger partial charge in [-0.15, -0.1) is 0 Å². The molecule has 0 unspecified atom stereocenters. The molecule has 3 aromatic rings. The molecular formula is C17H12Br2O4. The summed E-state index contributed by atoms with van der Waals surface area (Å²) >= 11 is 6.83. The lowest BCUT2D eigenvalue weighted by Gasteiger charge is -2.08. The maximum Gasteiger partial charge on any atom is 0.200 e. The second-order valence-electron chi connectivity index (χ2n) is 4.79. The van der Waals surface area contributed by atoms with Gasteiger partial charge in [0.05, 0.1) is 29.6 Å². The van der Waals surface area contributed by atoms with Crippen LogP contribution in [0.4, 0.5) is 0 Å². The van der Waals surface area contributed by atoms with Crippen molar-refractivity contribution in [1.29, 1.82) is 0 Å². The van der Waals surface area contributed by atoms with E-state index in [1.807, 2.05) is 12.1 Å². The van der Waals surface area contributed by atoms with Crippen LogP contribution in [0.15, 0.2) is 54.8 Å². The highest BCUT2D eigenvalue weighted by molar-refractivity contribution is 9.11. The third-order valence-electron chi connectivity index (χ3n) is 3.53. The van der Waals surface area contributed by atoms with E-state index < -0.39 is 0 Å². The first-order valence-corrected chi connectivity index (χ1v) is 8.27. The number of rotatable bonds is 3. The SMILES string of the molecule is COc1ccc(-c2coc3c(Br)c(OC)ccc3c2=O)cc1Br. The van der Waals surface area contributed by atoms with Crippen LogP contribution in [-0.2, 0) is 0 Å². The first-order chi connectivity index (χ1) is 11.1. The fourth-order valence-corrected chi connectivity index (χ4v) is 3.48. The molecule has 3 rings (SSSR count).